The summed E-state index contributed by atoms with van der Waals surface area (Å²) in [5.74, 6) is -0.0296. The fraction of sp³-hybridized carbons (Fsp3) is 0.130. The number of amides is 2. The van der Waals surface area contributed by atoms with Crippen LogP contribution in [0.1, 0.15) is 27.6 Å². The third-order valence-corrected chi connectivity index (χ3v) is 4.17. The third-order valence-electron chi connectivity index (χ3n) is 4.17. The van der Waals surface area contributed by atoms with Gasteiger partial charge in [0.2, 0.25) is 0 Å². The van der Waals surface area contributed by atoms with Gasteiger partial charge in [0.05, 0.1) is 6.61 Å². The molecule has 0 fully saturated rings. The largest absolute Gasteiger partial charge is 0.494 e. The van der Waals surface area contributed by atoms with Gasteiger partial charge in [0.25, 0.3) is 11.8 Å². The Morgan fingerprint density at radius 3 is 1.61 bits per heavy atom. The van der Waals surface area contributed by atoms with Gasteiger partial charge in [-0.15, -0.1) is 0 Å². The summed E-state index contributed by atoms with van der Waals surface area (Å²) in [5.41, 5.74) is 1.81. The molecule has 3 aromatic rings. The van der Waals surface area contributed by atoms with Crippen LogP contribution in [0.5, 0.6) is 11.5 Å². The number of rotatable bonds is 8. The molecule has 0 atom stereocenters. The van der Waals surface area contributed by atoms with Crippen LogP contribution in [-0.2, 0) is 0 Å². The second-order valence-electron chi connectivity index (χ2n) is 6.35. The summed E-state index contributed by atoms with van der Waals surface area (Å²) in [6.07, 6.45) is 0. The molecule has 0 aliphatic rings. The number of nitrogens with one attached hydrogen (secondary N) is 2. The number of carbonyl (C=O) groups excluding carboxylic acids is 2. The zero-order chi connectivity index (χ0) is 22.2. The Labute approximate surface area is 177 Å². The van der Waals surface area contributed by atoms with Crippen molar-refractivity contribution in [2.45, 2.75) is 13.5 Å². The van der Waals surface area contributed by atoms with Crippen molar-refractivity contribution in [2.24, 2.45) is 0 Å². The maximum atomic E-state index is 12.4. The number of benzene rings is 3. The smallest absolute Gasteiger partial charge is 0.387 e. The highest BCUT2D eigenvalue weighted by molar-refractivity contribution is 6.06. The number of carbonyl (C=O) groups is 2. The summed E-state index contributed by atoms with van der Waals surface area (Å²) in [7, 11) is 0. The van der Waals surface area contributed by atoms with Gasteiger partial charge in [-0.1, -0.05) is 0 Å². The summed E-state index contributed by atoms with van der Waals surface area (Å²) in [6, 6.07) is 18.7. The van der Waals surface area contributed by atoms with E-state index in [4.69, 9.17) is 4.74 Å². The van der Waals surface area contributed by atoms with Crippen molar-refractivity contribution in [3.05, 3.63) is 83.9 Å². The topological polar surface area (TPSA) is 76.7 Å². The minimum absolute atomic E-state index is 0.0329. The highest BCUT2D eigenvalue weighted by Gasteiger charge is 2.10. The Morgan fingerprint density at radius 2 is 1.16 bits per heavy atom. The zero-order valence-corrected chi connectivity index (χ0v) is 16.6. The van der Waals surface area contributed by atoms with Crippen LogP contribution in [0.2, 0.25) is 0 Å². The second kappa shape index (κ2) is 10.2. The molecule has 2 amide bonds. The summed E-state index contributed by atoms with van der Waals surface area (Å²) in [6.45, 7) is -0.471. The molecular formula is C23H20F2N2O4. The molecule has 2 N–H and O–H groups in total. The first-order valence-electron chi connectivity index (χ1n) is 9.45. The molecular weight excluding hydrogens is 406 g/mol. The first-order chi connectivity index (χ1) is 14.9. The molecule has 0 unspecified atom stereocenters. The molecule has 3 aromatic carbocycles. The number of anilines is 2. The van der Waals surface area contributed by atoms with Gasteiger partial charge in [-0.3, -0.25) is 9.59 Å². The Bertz CT molecular complexity index is 1020. The second-order valence-corrected chi connectivity index (χ2v) is 6.35. The van der Waals surface area contributed by atoms with E-state index in [9.17, 15) is 18.4 Å². The van der Waals surface area contributed by atoms with Crippen LogP contribution in [0, 0.1) is 0 Å². The lowest BCUT2D eigenvalue weighted by Crippen LogP contribution is -2.13. The van der Waals surface area contributed by atoms with Crippen LogP contribution >= 0.6 is 0 Å². The molecule has 0 saturated heterocycles. The Kier molecular flexibility index (Phi) is 7.16. The van der Waals surface area contributed by atoms with Crippen molar-refractivity contribution in [2.75, 3.05) is 17.2 Å². The van der Waals surface area contributed by atoms with E-state index < -0.39 is 12.5 Å². The quantitative estimate of drug-likeness (QED) is 0.520. The third kappa shape index (κ3) is 6.27. The molecule has 6 nitrogen and oxygen atoms in total. The highest BCUT2D eigenvalue weighted by Crippen LogP contribution is 2.19. The molecule has 0 radical (unpaired) electrons. The minimum atomic E-state index is -2.93. The van der Waals surface area contributed by atoms with Crippen molar-refractivity contribution in [1.82, 2.24) is 0 Å². The maximum Gasteiger partial charge on any atom is 0.387 e. The lowest BCUT2D eigenvalue weighted by atomic mass is 10.1. The van der Waals surface area contributed by atoms with Gasteiger partial charge in [0.15, 0.2) is 0 Å². The van der Waals surface area contributed by atoms with Crippen LogP contribution < -0.4 is 20.1 Å². The van der Waals surface area contributed by atoms with Crippen molar-refractivity contribution in [3.63, 3.8) is 0 Å². The molecule has 3 rings (SSSR count). The number of alkyl halides is 2. The van der Waals surface area contributed by atoms with Crippen molar-refractivity contribution < 1.29 is 27.8 Å². The Morgan fingerprint density at radius 1 is 0.742 bits per heavy atom. The van der Waals surface area contributed by atoms with E-state index in [1.807, 2.05) is 6.92 Å². The fourth-order valence-corrected chi connectivity index (χ4v) is 2.70. The summed E-state index contributed by atoms with van der Waals surface area (Å²) < 4.78 is 34.0. The van der Waals surface area contributed by atoms with Crippen molar-refractivity contribution in [1.29, 1.82) is 0 Å². The van der Waals surface area contributed by atoms with E-state index in [1.165, 1.54) is 24.3 Å². The molecule has 0 aliphatic carbocycles. The molecule has 160 valence electrons. The van der Waals surface area contributed by atoms with E-state index in [-0.39, 0.29) is 17.2 Å². The lowest BCUT2D eigenvalue weighted by Gasteiger charge is -2.09. The van der Waals surface area contributed by atoms with E-state index in [2.05, 4.69) is 15.4 Å². The van der Waals surface area contributed by atoms with Crippen LogP contribution in [0.25, 0.3) is 0 Å². The highest BCUT2D eigenvalue weighted by atomic mass is 19.3. The normalized spacial score (nSPS) is 10.5. The monoisotopic (exact) mass is 426 g/mol. The number of hydrogen-bond donors (Lipinski definition) is 2. The van der Waals surface area contributed by atoms with E-state index in [0.29, 0.717) is 23.5 Å². The van der Waals surface area contributed by atoms with Gasteiger partial charge < -0.3 is 20.1 Å². The standard InChI is InChI=1S/C23H20F2N2O4/c1-2-30-19-13-9-18(10-14-19)27-21(28)15-3-7-17(8-4-15)26-22(29)16-5-11-20(12-6-16)31-23(24)25/h3-14,23H,2H2,1H3,(H,26,29)(H,27,28). The molecule has 0 spiro atoms. The molecule has 0 saturated carbocycles. The van der Waals surface area contributed by atoms with Crippen molar-refractivity contribution >= 4 is 23.2 Å². The van der Waals surface area contributed by atoms with E-state index in [0.717, 1.165) is 5.75 Å². The molecule has 8 heteroatoms. The first-order valence-corrected chi connectivity index (χ1v) is 9.45. The molecule has 0 bridgehead atoms. The maximum absolute atomic E-state index is 12.4. The number of ether oxygens (including phenoxy) is 2. The predicted molar refractivity (Wildman–Crippen MR) is 113 cm³/mol. The Hall–Kier alpha value is -3.94. The predicted octanol–water partition coefficient (Wildman–Crippen LogP) is 5.19. The van der Waals surface area contributed by atoms with E-state index >= 15 is 0 Å². The average Bonchev–Trinajstić information content (AvgIpc) is 2.76. The van der Waals surface area contributed by atoms with E-state index in [1.54, 1.807) is 48.5 Å². The summed E-state index contributed by atoms with van der Waals surface area (Å²) >= 11 is 0. The van der Waals surface area contributed by atoms with Crippen LogP contribution in [0.4, 0.5) is 20.2 Å². The SMILES string of the molecule is CCOc1ccc(NC(=O)c2ccc(NC(=O)c3ccc(OC(F)F)cc3)cc2)cc1. The van der Waals surface area contributed by atoms with Crippen LogP contribution in [0.3, 0.4) is 0 Å². The molecule has 0 heterocycles. The fourth-order valence-electron chi connectivity index (χ4n) is 2.70. The Balaban J connectivity index is 1.57. The number of halogens is 2. The molecule has 0 aromatic heterocycles. The first kappa shape index (κ1) is 21.8. The lowest BCUT2D eigenvalue weighted by molar-refractivity contribution is -0.0498. The zero-order valence-electron chi connectivity index (χ0n) is 16.6. The summed E-state index contributed by atoms with van der Waals surface area (Å²) in [4.78, 5) is 24.7. The van der Waals surface area contributed by atoms with Gasteiger partial charge in [-0.2, -0.15) is 8.78 Å². The molecule has 31 heavy (non-hydrogen) atoms. The van der Waals surface area contributed by atoms with Gasteiger partial charge in [-0.05, 0) is 79.7 Å². The average molecular weight is 426 g/mol. The number of hydrogen-bond acceptors (Lipinski definition) is 4. The molecule has 0 aliphatic heterocycles. The summed E-state index contributed by atoms with van der Waals surface area (Å²) in [5, 5.41) is 5.46. The van der Waals surface area contributed by atoms with Crippen LogP contribution in [0.15, 0.2) is 72.8 Å². The van der Waals surface area contributed by atoms with Gasteiger partial charge >= 0.3 is 6.61 Å². The van der Waals surface area contributed by atoms with Gasteiger partial charge in [0, 0.05) is 22.5 Å². The van der Waals surface area contributed by atoms with Crippen LogP contribution in [-0.4, -0.2) is 25.0 Å². The van der Waals surface area contributed by atoms with Crippen molar-refractivity contribution in [3.8, 4) is 11.5 Å². The van der Waals surface area contributed by atoms with Gasteiger partial charge in [-0.25, -0.2) is 0 Å². The van der Waals surface area contributed by atoms with Gasteiger partial charge in [0.1, 0.15) is 11.5 Å². The minimum Gasteiger partial charge on any atom is -0.494 e.